The van der Waals surface area contributed by atoms with Gasteiger partial charge in [0.2, 0.25) is 0 Å². The average Bonchev–Trinajstić information content (AvgIpc) is 3.00. The average molecular weight is 417 g/mol. The minimum Gasteiger partial charge on any atom is -0.431 e. The Kier molecular flexibility index (Phi) is 4.42. The number of hydrogen-bond donors (Lipinski definition) is 3. The van der Waals surface area contributed by atoms with Crippen molar-refractivity contribution < 1.29 is 24.5 Å². The number of rotatable bonds is 1. The topological polar surface area (TPSA) is 108 Å². The van der Waals surface area contributed by atoms with Gasteiger partial charge in [-0.25, -0.2) is 4.79 Å². The van der Waals surface area contributed by atoms with Crippen molar-refractivity contribution in [2.24, 2.45) is 28.6 Å². The number of aliphatic hydroxyl groups is 3. The van der Waals surface area contributed by atoms with E-state index in [0.29, 0.717) is 25.7 Å². The van der Waals surface area contributed by atoms with E-state index in [1.54, 1.807) is 13.0 Å². The van der Waals surface area contributed by atoms with E-state index in [4.69, 9.17) is 4.42 Å². The number of fused-ring (bicyclic) bond motifs is 5. The zero-order valence-corrected chi connectivity index (χ0v) is 17.7. The van der Waals surface area contributed by atoms with Crippen LogP contribution in [0.5, 0.6) is 0 Å². The lowest BCUT2D eigenvalue weighted by molar-refractivity contribution is -0.228. The van der Waals surface area contributed by atoms with E-state index in [9.17, 15) is 24.9 Å². The van der Waals surface area contributed by atoms with Gasteiger partial charge in [0.05, 0.1) is 23.4 Å². The van der Waals surface area contributed by atoms with Crippen LogP contribution in [0.25, 0.3) is 0 Å². The molecule has 4 fully saturated rings. The molecule has 4 aliphatic rings. The Morgan fingerprint density at radius 2 is 1.80 bits per heavy atom. The van der Waals surface area contributed by atoms with Crippen LogP contribution in [0.15, 0.2) is 27.6 Å². The molecule has 1 heterocycles. The van der Waals surface area contributed by atoms with Gasteiger partial charge in [-0.05, 0) is 80.8 Å². The second kappa shape index (κ2) is 6.50. The van der Waals surface area contributed by atoms with Crippen LogP contribution in [0.2, 0.25) is 0 Å². The van der Waals surface area contributed by atoms with Crippen molar-refractivity contribution in [1.29, 1.82) is 0 Å². The normalized spacial score (nSPS) is 50.5. The lowest BCUT2D eigenvalue weighted by Gasteiger charge is -2.64. The highest BCUT2D eigenvalue weighted by Crippen LogP contribution is 2.69. The van der Waals surface area contributed by atoms with Crippen molar-refractivity contribution in [2.45, 2.75) is 82.5 Å². The van der Waals surface area contributed by atoms with Gasteiger partial charge in [-0.1, -0.05) is 6.92 Å². The summed E-state index contributed by atoms with van der Waals surface area (Å²) in [6.07, 6.45) is 4.88. The zero-order chi connectivity index (χ0) is 21.5. The summed E-state index contributed by atoms with van der Waals surface area (Å²) in [6, 6.07) is 3.03. The minimum atomic E-state index is -1.20. The molecule has 0 spiro atoms. The molecular formula is C24H32O6. The Hall–Kier alpha value is -1.50. The number of hydrogen-bond acceptors (Lipinski definition) is 6. The fourth-order valence-corrected chi connectivity index (χ4v) is 8.13. The molecular weight excluding hydrogens is 384 g/mol. The highest BCUT2D eigenvalue weighted by molar-refractivity contribution is 5.93. The second-order valence-corrected chi connectivity index (χ2v) is 10.8. The Balaban J connectivity index is 1.58. The maximum Gasteiger partial charge on any atom is 0.335 e. The molecule has 0 aromatic carbocycles. The van der Waals surface area contributed by atoms with Gasteiger partial charge >= 0.3 is 5.63 Å². The monoisotopic (exact) mass is 416 g/mol. The van der Waals surface area contributed by atoms with Crippen molar-refractivity contribution in [3.05, 3.63) is 34.4 Å². The van der Waals surface area contributed by atoms with E-state index in [-0.39, 0.29) is 41.0 Å². The van der Waals surface area contributed by atoms with Crippen LogP contribution < -0.4 is 5.63 Å². The van der Waals surface area contributed by atoms with Crippen LogP contribution in [-0.2, 0) is 4.79 Å². The minimum absolute atomic E-state index is 0.160. The number of carbonyl (C=O) groups is 1. The van der Waals surface area contributed by atoms with Gasteiger partial charge in [0.25, 0.3) is 0 Å². The first-order valence-corrected chi connectivity index (χ1v) is 11.3. The third-order valence-corrected chi connectivity index (χ3v) is 9.80. The number of ketones is 1. The quantitative estimate of drug-likeness (QED) is 0.649. The molecule has 6 unspecified atom stereocenters. The van der Waals surface area contributed by atoms with Gasteiger partial charge < -0.3 is 19.7 Å². The van der Waals surface area contributed by atoms with Crippen molar-refractivity contribution in [2.75, 3.05) is 0 Å². The summed E-state index contributed by atoms with van der Waals surface area (Å²) in [7, 11) is 0. The smallest absolute Gasteiger partial charge is 0.335 e. The lowest BCUT2D eigenvalue weighted by atomic mass is 9.42. The second-order valence-electron chi connectivity index (χ2n) is 10.8. The first-order valence-electron chi connectivity index (χ1n) is 11.3. The third kappa shape index (κ3) is 2.41. The maximum atomic E-state index is 13.8. The summed E-state index contributed by atoms with van der Waals surface area (Å²) in [5.74, 6) is -0.769. The van der Waals surface area contributed by atoms with Crippen molar-refractivity contribution >= 4 is 5.78 Å². The molecule has 6 heteroatoms. The number of Topliss-reactive ketones (excluding diaryl/α,β-unsaturated/α-hetero) is 1. The fourth-order valence-electron chi connectivity index (χ4n) is 8.13. The van der Waals surface area contributed by atoms with E-state index in [0.717, 1.165) is 24.8 Å². The Labute approximate surface area is 176 Å². The third-order valence-electron chi connectivity index (χ3n) is 9.80. The van der Waals surface area contributed by atoms with Crippen LogP contribution in [0, 0.1) is 28.6 Å². The Bertz CT molecular complexity index is 904. The highest BCUT2D eigenvalue weighted by atomic mass is 16.4. The molecule has 1 aromatic heterocycles. The van der Waals surface area contributed by atoms with Gasteiger partial charge in [0.1, 0.15) is 6.10 Å². The van der Waals surface area contributed by atoms with E-state index < -0.39 is 22.7 Å². The molecule has 1 aromatic rings. The van der Waals surface area contributed by atoms with Crippen LogP contribution >= 0.6 is 0 Å². The van der Waals surface area contributed by atoms with E-state index >= 15 is 0 Å². The van der Waals surface area contributed by atoms with Crippen LogP contribution in [0.3, 0.4) is 0 Å². The van der Waals surface area contributed by atoms with E-state index in [2.05, 4.69) is 6.92 Å². The molecule has 0 saturated heterocycles. The molecule has 5 rings (SSSR count). The molecule has 164 valence electrons. The first-order chi connectivity index (χ1) is 14.1. The van der Waals surface area contributed by atoms with Gasteiger partial charge in [-0.15, -0.1) is 0 Å². The fraction of sp³-hybridized carbons (Fsp3) is 0.750. The maximum absolute atomic E-state index is 13.8. The van der Waals surface area contributed by atoms with Crippen molar-refractivity contribution in [3.63, 3.8) is 0 Å². The summed E-state index contributed by atoms with van der Waals surface area (Å²) >= 11 is 0. The molecule has 4 saturated carbocycles. The summed E-state index contributed by atoms with van der Waals surface area (Å²) in [5.41, 5.74) is -2.29. The molecule has 9 atom stereocenters. The predicted octanol–water partition coefficient (Wildman–Crippen LogP) is 2.39. The summed E-state index contributed by atoms with van der Waals surface area (Å²) < 4.78 is 5.06. The van der Waals surface area contributed by atoms with Gasteiger partial charge in [-0.2, -0.15) is 0 Å². The van der Waals surface area contributed by atoms with Gasteiger partial charge in [0.15, 0.2) is 5.78 Å². The molecule has 30 heavy (non-hydrogen) atoms. The van der Waals surface area contributed by atoms with Gasteiger partial charge in [-0.3, -0.25) is 4.79 Å². The molecule has 4 aliphatic carbocycles. The molecule has 0 aliphatic heterocycles. The Morgan fingerprint density at radius 3 is 2.50 bits per heavy atom. The molecule has 6 nitrogen and oxygen atoms in total. The SMILES string of the molecule is C[C@]12CCC(O)CC1CCC1C2C(O)C(=O)[C@]2(C)C(c3ccc(=O)oc3)CC[C@]12O. The van der Waals surface area contributed by atoms with Crippen molar-refractivity contribution in [1.82, 2.24) is 0 Å². The van der Waals surface area contributed by atoms with Crippen LogP contribution in [-0.4, -0.2) is 38.9 Å². The largest absolute Gasteiger partial charge is 0.431 e. The summed E-state index contributed by atoms with van der Waals surface area (Å²) in [4.78, 5) is 25.2. The standard InChI is InChI=1S/C24H32O6/c1-22-9-7-15(25)11-14(22)4-5-17-19(22)20(27)21(28)23(2)16(8-10-24(17,23)29)13-3-6-18(26)30-12-13/h3,6,12,14-17,19-20,25,27,29H,4-5,7-11H2,1-2H3/t14?,15?,16?,17?,19?,20?,22-,23-,24-/m0/s1. The number of aliphatic hydroxyl groups excluding tert-OH is 2. The van der Waals surface area contributed by atoms with Gasteiger partial charge in [0, 0.05) is 17.9 Å². The van der Waals surface area contributed by atoms with Crippen molar-refractivity contribution in [3.8, 4) is 0 Å². The first kappa shape index (κ1) is 20.4. The van der Waals surface area contributed by atoms with E-state index in [1.165, 1.54) is 12.3 Å². The van der Waals surface area contributed by atoms with E-state index in [1.807, 2.05) is 0 Å². The molecule has 0 bridgehead atoms. The zero-order valence-electron chi connectivity index (χ0n) is 17.7. The predicted molar refractivity (Wildman–Crippen MR) is 109 cm³/mol. The van der Waals surface area contributed by atoms with Crippen LogP contribution in [0.1, 0.15) is 70.3 Å². The molecule has 3 N–H and O–H groups in total. The molecule has 0 radical (unpaired) electrons. The molecule has 0 amide bonds. The summed E-state index contributed by atoms with van der Waals surface area (Å²) in [5, 5.41) is 33.7. The lowest BCUT2D eigenvalue weighted by Crippen LogP contribution is -2.70. The highest BCUT2D eigenvalue weighted by Gasteiger charge is 2.73. The summed E-state index contributed by atoms with van der Waals surface area (Å²) in [6.45, 7) is 3.96. The van der Waals surface area contributed by atoms with Crippen LogP contribution in [0.4, 0.5) is 0 Å². The number of carbonyl (C=O) groups excluding carboxylic acids is 1. The Morgan fingerprint density at radius 1 is 1.03 bits per heavy atom.